The van der Waals surface area contributed by atoms with E-state index in [9.17, 15) is 9.59 Å². The zero-order valence-electron chi connectivity index (χ0n) is 17.7. The Morgan fingerprint density at radius 2 is 1.59 bits per heavy atom. The van der Waals surface area contributed by atoms with E-state index >= 15 is 0 Å². The molecule has 0 saturated carbocycles. The second kappa shape index (κ2) is 8.48. The minimum atomic E-state index is -0.514. The highest BCUT2D eigenvalue weighted by molar-refractivity contribution is 5.98. The summed E-state index contributed by atoms with van der Waals surface area (Å²) in [6, 6.07) is 24.7. The predicted molar refractivity (Wildman–Crippen MR) is 122 cm³/mol. The molecule has 2 aliphatic heterocycles. The molecule has 6 heteroatoms. The average Bonchev–Trinajstić information content (AvgIpc) is 2.83. The maximum atomic E-state index is 13.8. The van der Waals surface area contributed by atoms with Crippen LogP contribution in [0.15, 0.2) is 78.9 Å². The third kappa shape index (κ3) is 3.74. The first kappa shape index (κ1) is 20.3. The quantitative estimate of drug-likeness (QED) is 0.694. The molecule has 162 valence electrons. The van der Waals surface area contributed by atoms with E-state index in [0.717, 1.165) is 22.4 Å². The van der Waals surface area contributed by atoms with Crippen molar-refractivity contribution in [2.75, 3.05) is 18.1 Å². The van der Waals surface area contributed by atoms with Crippen LogP contribution in [0.4, 0.5) is 5.69 Å². The summed E-state index contributed by atoms with van der Waals surface area (Å²) in [6.45, 7) is 0.978. The molecule has 0 fully saturated rings. The van der Waals surface area contributed by atoms with Crippen LogP contribution in [-0.4, -0.2) is 35.9 Å². The summed E-state index contributed by atoms with van der Waals surface area (Å²) in [7, 11) is 0. The topological polar surface area (TPSA) is 75.9 Å². The van der Waals surface area contributed by atoms with Crippen LogP contribution in [0.5, 0.6) is 5.75 Å². The van der Waals surface area contributed by atoms with E-state index in [-0.39, 0.29) is 18.5 Å². The zero-order valence-corrected chi connectivity index (χ0v) is 17.7. The van der Waals surface area contributed by atoms with E-state index in [1.807, 2.05) is 88.7 Å². The minimum Gasteiger partial charge on any atom is -0.489 e. The lowest BCUT2D eigenvalue weighted by Gasteiger charge is -2.40. The summed E-state index contributed by atoms with van der Waals surface area (Å²) in [5.74, 6) is 0.193. The Balaban J connectivity index is 1.48. The molecule has 32 heavy (non-hydrogen) atoms. The molecule has 0 radical (unpaired) electrons. The van der Waals surface area contributed by atoms with Crippen LogP contribution in [0.1, 0.15) is 22.7 Å². The van der Waals surface area contributed by atoms with Crippen LogP contribution in [0.3, 0.4) is 0 Å². The SMILES string of the molecule is NC(=O)[C@@H]1Cc2ccccc2CN1CC(=O)N1c2ccccc2OCC1c1ccccc1. The Bertz CT molecular complexity index is 1150. The van der Waals surface area contributed by atoms with Crippen molar-refractivity contribution in [3.8, 4) is 5.75 Å². The smallest absolute Gasteiger partial charge is 0.242 e. The summed E-state index contributed by atoms with van der Waals surface area (Å²) in [6.07, 6.45) is 0.514. The minimum absolute atomic E-state index is 0.0831. The van der Waals surface area contributed by atoms with E-state index in [1.165, 1.54) is 0 Å². The van der Waals surface area contributed by atoms with Crippen LogP contribution in [0, 0.1) is 0 Å². The van der Waals surface area contributed by atoms with Crippen molar-refractivity contribution >= 4 is 17.5 Å². The Labute approximate surface area is 187 Å². The number of para-hydroxylation sites is 2. The van der Waals surface area contributed by atoms with Crippen molar-refractivity contribution in [3.63, 3.8) is 0 Å². The summed E-state index contributed by atoms with van der Waals surface area (Å²) < 4.78 is 5.99. The molecule has 1 unspecified atom stereocenters. The summed E-state index contributed by atoms with van der Waals surface area (Å²) in [5, 5.41) is 0. The third-order valence-electron chi connectivity index (χ3n) is 6.30. The van der Waals surface area contributed by atoms with Gasteiger partial charge in [0.25, 0.3) is 0 Å². The molecule has 2 atom stereocenters. The third-order valence-corrected chi connectivity index (χ3v) is 6.30. The number of anilines is 1. The van der Waals surface area contributed by atoms with Crippen molar-refractivity contribution in [2.45, 2.75) is 25.0 Å². The van der Waals surface area contributed by atoms with Gasteiger partial charge in [0.1, 0.15) is 12.4 Å². The van der Waals surface area contributed by atoms with E-state index in [2.05, 4.69) is 0 Å². The standard InChI is InChI=1S/C26H25N3O3/c27-26(31)22-14-19-10-4-5-11-20(19)15-28(22)16-25(30)29-21-12-6-7-13-24(21)32-17-23(29)18-8-2-1-3-9-18/h1-13,22-23H,14-17H2,(H2,27,31)/t22-,23?/m0/s1. The Kier molecular flexibility index (Phi) is 5.37. The van der Waals surface area contributed by atoms with Crippen molar-refractivity contribution in [1.29, 1.82) is 0 Å². The van der Waals surface area contributed by atoms with Gasteiger partial charge in [0.15, 0.2) is 0 Å². The molecule has 2 aliphatic rings. The number of nitrogens with two attached hydrogens (primary N) is 1. The zero-order chi connectivity index (χ0) is 22.1. The van der Waals surface area contributed by atoms with E-state index in [4.69, 9.17) is 10.5 Å². The fourth-order valence-electron chi connectivity index (χ4n) is 4.69. The van der Waals surface area contributed by atoms with Gasteiger partial charge in [-0.15, -0.1) is 0 Å². The van der Waals surface area contributed by atoms with Gasteiger partial charge >= 0.3 is 0 Å². The molecule has 3 aromatic carbocycles. The molecule has 2 heterocycles. The molecule has 2 N–H and O–H groups in total. The fraction of sp³-hybridized carbons (Fsp3) is 0.231. The number of amides is 2. The van der Waals surface area contributed by atoms with Crippen LogP contribution in [0.25, 0.3) is 0 Å². The highest BCUT2D eigenvalue weighted by Gasteiger charge is 2.37. The van der Waals surface area contributed by atoms with Gasteiger partial charge in [0.05, 0.1) is 24.3 Å². The van der Waals surface area contributed by atoms with Gasteiger partial charge in [-0.1, -0.05) is 66.7 Å². The number of carbonyl (C=O) groups is 2. The Hall–Kier alpha value is -3.64. The largest absolute Gasteiger partial charge is 0.489 e. The monoisotopic (exact) mass is 427 g/mol. The van der Waals surface area contributed by atoms with Crippen molar-refractivity contribution in [2.24, 2.45) is 5.73 Å². The van der Waals surface area contributed by atoms with Gasteiger partial charge < -0.3 is 10.5 Å². The Morgan fingerprint density at radius 1 is 0.906 bits per heavy atom. The molecule has 0 aromatic heterocycles. The van der Waals surface area contributed by atoms with Gasteiger partial charge in [-0.3, -0.25) is 19.4 Å². The summed E-state index contributed by atoms with van der Waals surface area (Å²) >= 11 is 0. The van der Waals surface area contributed by atoms with Crippen molar-refractivity contribution in [3.05, 3.63) is 95.6 Å². The number of fused-ring (bicyclic) bond motifs is 2. The molecule has 0 saturated heterocycles. The molecular formula is C26H25N3O3. The molecule has 6 nitrogen and oxygen atoms in total. The number of hydrogen-bond acceptors (Lipinski definition) is 4. The van der Waals surface area contributed by atoms with E-state index < -0.39 is 11.9 Å². The van der Waals surface area contributed by atoms with Gasteiger partial charge in [-0.2, -0.15) is 0 Å². The van der Waals surface area contributed by atoms with Crippen LogP contribution in [0.2, 0.25) is 0 Å². The number of rotatable bonds is 4. The molecule has 5 rings (SSSR count). The molecule has 0 bridgehead atoms. The second-order valence-corrected chi connectivity index (χ2v) is 8.26. The van der Waals surface area contributed by atoms with Gasteiger partial charge in [-0.25, -0.2) is 0 Å². The number of hydrogen-bond donors (Lipinski definition) is 1. The summed E-state index contributed by atoms with van der Waals surface area (Å²) in [5.41, 5.74) is 9.72. The number of primary amides is 1. The lowest BCUT2D eigenvalue weighted by molar-refractivity contribution is -0.126. The first-order chi connectivity index (χ1) is 15.6. The van der Waals surface area contributed by atoms with Gasteiger partial charge in [-0.05, 0) is 35.2 Å². The molecule has 2 amide bonds. The molecule has 0 spiro atoms. The normalized spacial score (nSPS) is 20.1. The molecule has 0 aliphatic carbocycles. The maximum Gasteiger partial charge on any atom is 0.242 e. The highest BCUT2D eigenvalue weighted by atomic mass is 16.5. The van der Waals surface area contributed by atoms with Crippen LogP contribution < -0.4 is 15.4 Å². The number of carbonyl (C=O) groups excluding carboxylic acids is 2. The maximum absolute atomic E-state index is 13.8. The van der Waals surface area contributed by atoms with E-state index in [0.29, 0.717) is 25.3 Å². The first-order valence-electron chi connectivity index (χ1n) is 10.8. The number of benzene rings is 3. The summed E-state index contributed by atoms with van der Waals surface area (Å²) in [4.78, 5) is 29.7. The van der Waals surface area contributed by atoms with E-state index in [1.54, 1.807) is 0 Å². The van der Waals surface area contributed by atoms with Crippen molar-refractivity contribution in [1.82, 2.24) is 4.90 Å². The first-order valence-corrected chi connectivity index (χ1v) is 10.8. The Morgan fingerprint density at radius 3 is 2.38 bits per heavy atom. The molecular weight excluding hydrogens is 402 g/mol. The fourth-order valence-corrected chi connectivity index (χ4v) is 4.69. The lowest BCUT2D eigenvalue weighted by atomic mass is 9.93. The van der Waals surface area contributed by atoms with Gasteiger partial charge in [0, 0.05) is 6.54 Å². The molecule has 3 aromatic rings. The van der Waals surface area contributed by atoms with Gasteiger partial charge in [0.2, 0.25) is 11.8 Å². The van der Waals surface area contributed by atoms with Crippen LogP contribution in [-0.2, 0) is 22.6 Å². The average molecular weight is 428 g/mol. The number of ether oxygens (including phenoxy) is 1. The van der Waals surface area contributed by atoms with Crippen molar-refractivity contribution < 1.29 is 14.3 Å². The highest BCUT2D eigenvalue weighted by Crippen LogP contribution is 2.39. The second-order valence-electron chi connectivity index (χ2n) is 8.26. The number of nitrogens with zero attached hydrogens (tertiary/aromatic N) is 2. The lowest BCUT2D eigenvalue weighted by Crippen LogP contribution is -2.53. The predicted octanol–water partition coefficient (Wildman–Crippen LogP) is 3.07. The van der Waals surface area contributed by atoms with Crippen LogP contribution >= 0.6 is 0 Å².